The molecule has 7 nitrogen and oxygen atoms in total. The Morgan fingerprint density at radius 3 is 2.79 bits per heavy atom. The van der Waals surface area contributed by atoms with Crippen molar-refractivity contribution >= 4 is 11.8 Å². The van der Waals surface area contributed by atoms with Gasteiger partial charge in [-0.3, -0.25) is 5.32 Å². The first-order valence-corrected chi connectivity index (χ1v) is 7.75. The maximum atomic E-state index is 12.2. The number of carbonyl (C=O) groups is 1. The number of urea groups is 1. The average molecular weight is 328 g/mol. The molecule has 24 heavy (non-hydrogen) atoms. The van der Waals surface area contributed by atoms with Gasteiger partial charge in [0.25, 0.3) is 0 Å². The highest BCUT2D eigenvalue weighted by atomic mass is 16.5. The molecule has 0 atom stereocenters. The molecule has 3 N–H and O–H groups in total. The molecule has 7 heteroatoms. The molecule has 0 saturated heterocycles. The molecule has 1 aromatic carbocycles. The van der Waals surface area contributed by atoms with Gasteiger partial charge in [0.2, 0.25) is 0 Å². The van der Waals surface area contributed by atoms with Crippen molar-refractivity contribution in [2.24, 2.45) is 0 Å². The van der Waals surface area contributed by atoms with Crippen molar-refractivity contribution in [3.05, 3.63) is 48.4 Å². The average Bonchev–Trinajstić information content (AvgIpc) is 2.59. The van der Waals surface area contributed by atoms with Gasteiger partial charge in [0, 0.05) is 12.0 Å². The van der Waals surface area contributed by atoms with Gasteiger partial charge in [-0.2, -0.15) is 0 Å². The van der Waals surface area contributed by atoms with Gasteiger partial charge in [-0.05, 0) is 18.4 Å². The third-order valence-electron chi connectivity index (χ3n) is 4.36. The number of benzene rings is 1. The number of hydrogen-bond acceptors (Lipinski definition) is 5. The van der Waals surface area contributed by atoms with Crippen molar-refractivity contribution in [2.45, 2.75) is 24.4 Å². The number of amides is 2. The minimum atomic E-state index is -0.372. The molecule has 1 heterocycles. The van der Waals surface area contributed by atoms with Crippen LogP contribution in [0.5, 0.6) is 5.75 Å². The first kappa shape index (κ1) is 16.2. The summed E-state index contributed by atoms with van der Waals surface area (Å²) in [6, 6.07) is 9.57. The summed E-state index contributed by atoms with van der Waals surface area (Å²) >= 11 is 0. The van der Waals surface area contributed by atoms with Crippen LogP contribution in [0.15, 0.2) is 42.9 Å². The molecular formula is C17H20N4O3. The number of aromatic nitrogens is 2. The van der Waals surface area contributed by atoms with E-state index in [0.717, 1.165) is 5.56 Å². The predicted octanol–water partition coefficient (Wildman–Crippen LogP) is 1.70. The van der Waals surface area contributed by atoms with E-state index in [2.05, 4.69) is 20.6 Å². The molecule has 1 aromatic heterocycles. The molecule has 1 aliphatic rings. The number of methoxy groups -OCH3 is 1. The van der Waals surface area contributed by atoms with E-state index in [1.807, 2.05) is 30.3 Å². The van der Waals surface area contributed by atoms with E-state index in [-0.39, 0.29) is 17.6 Å². The molecule has 0 radical (unpaired) electrons. The highest BCUT2D eigenvalue weighted by Gasteiger charge is 2.44. The number of ether oxygens (including phenoxy) is 1. The Balaban J connectivity index is 1.64. The quantitative estimate of drug-likeness (QED) is 0.776. The Morgan fingerprint density at radius 1 is 1.38 bits per heavy atom. The van der Waals surface area contributed by atoms with Crippen LogP contribution in [-0.4, -0.2) is 40.9 Å². The molecule has 1 aliphatic carbocycles. The van der Waals surface area contributed by atoms with Crippen LogP contribution in [0, 0.1) is 0 Å². The van der Waals surface area contributed by atoms with Crippen molar-refractivity contribution in [1.29, 1.82) is 0 Å². The van der Waals surface area contributed by atoms with Gasteiger partial charge in [-0.15, -0.1) is 0 Å². The third kappa shape index (κ3) is 3.30. The zero-order valence-electron chi connectivity index (χ0n) is 13.4. The number of hydrogen-bond donors (Lipinski definition) is 3. The first-order chi connectivity index (χ1) is 11.6. The zero-order chi connectivity index (χ0) is 17.0. The highest BCUT2D eigenvalue weighted by molar-refractivity contribution is 5.89. The van der Waals surface area contributed by atoms with Crippen LogP contribution < -0.4 is 15.4 Å². The molecule has 2 aromatic rings. The maximum absolute atomic E-state index is 12.2. The summed E-state index contributed by atoms with van der Waals surface area (Å²) in [7, 11) is 1.49. The van der Waals surface area contributed by atoms with Crippen LogP contribution in [0.2, 0.25) is 0 Å². The number of anilines is 1. The Labute approximate surface area is 140 Å². The second-order valence-electron chi connectivity index (χ2n) is 5.96. The van der Waals surface area contributed by atoms with Crippen LogP contribution in [0.1, 0.15) is 18.4 Å². The summed E-state index contributed by atoms with van der Waals surface area (Å²) in [5.74, 6) is 0.705. The summed E-state index contributed by atoms with van der Waals surface area (Å²) in [4.78, 5) is 20.0. The summed E-state index contributed by atoms with van der Waals surface area (Å²) in [5.41, 5.74) is 0.892. The molecule has 0 spiro atoms. The van der Waals surface area contributed by atoms with Crippen LogP contribution in [-0.2, 0) is 5.41 Å². The van der Waals surface area contributed by atoms with Crippen molar-refractivity contribution < 1.29 is 14.6 Å². The molecule has 1 saturated carbocycles. The van der Waals surface area contributed by atoms with Crippen molar-refractivity contribution in [3.8, 4) is 5.75 Å². The fraction of sp³-hybridized carbons (Fsp3) is 0.353. The van der Waals surface area contributed by atoms with Gasteiger partial charge < -0.3 is 15.2 Å². The van der Waals surface area contributed by atoms with Crippen LogP contribution in [0.3, 0.4) is 0 Å². The van der Waals surface area contributed by atoms with Gasteiger partial charge >= 0.3 is 6.03 Å². The lowest BCUT2D eigenvalue weighted by Gasteiger charge is -2.46. The topological polar surface area (TPSA) is 96.4 Å². The minimum Gasteiger partial charge on any atom is -0.491 e. The van der Waals surface area contributed by atoms with Gasteiger partial charge in [0.05, 0.1) is 19.4 Å². The molecule has 3 rings (SSSR count). The van der Waals surface area contributed by atoms with Gasteiger partial charge in [-0.25, -0.2) is 14.8 Å². The molecular weight excluding hydrogens is 308 g/mol. The maximum Gasteiger partial charge on any atom is 0.320 e. The van der Waals surface area contributed by atoms with Gasteiger partial charge in [0.1, 0.15) is 6.33 Å². The molecule has 126 valence electrons. The number of carbonyl (C=O) groups excluding carboxylic acids is 1. The van der Waals surface area contributed by atoms with Gasteiger partial charge in [0.15, 0.2) is 11.6 Å². The minimum absolute atomic E-state index is 0.228. The zero-order valence-corrected chi connectivity index (χ0v) is 13.4. The molecule has 1 fully saturated rings. The molecule has 0 unspecified atom stereocenters. The molecule has 2 amide bonds. The SMILES string of the molecule is COc1cncnc1NC(=O)NCC1(c2ccccc2)CC(O)C1. The predicted molar refractivity (Wildman–Crippen MR) is 89.0 cm³/mol. The van der Waals surface area contributed by atoms with E-state index >= 15 is 0 Å². The second-order valence-corrected chi connectivity index (χ2v) is 5.96. The number of rotatable bonds is 5. The van der Waals surface area contributed by atoms with Crippen molar-refractivity contribution in [2.75, 3.05) is 19.0 Å². The van der Waals surface area contributed by atoms with Crippen molar-refractivity contribution in [1.82, 2.24) is 15.3 Å². The van der Waals surface area contributed by atoms with E-state index in [9.17, 15) is 9.90 Å². The fourth-order valence-corrected chi connectivity index (χ4v) is 3.08. The summed E-state index contributed by atoms with van der Waals surface area (Å²) in [6.45, 7) is 0.438. The largest absolute Gasteiger partial charge is 0.491 e. The normalized spacial score (nSPS) is 22.3. The monoisotopic (exact) mass is 328 g/mol. The second kappa shape index (κ2) is 6.84. The standard InChI is InChI=1S/C17H20N4O3/c1-24-14-9-18-11-20-15(14)21-16(23)19-10-17(7-13(22)8-17)12-5-3-2-4-6-12/h2-6,9,11,13,22H,7-8,10H2,1H3,(H2,18,19,20,21,23). The van der Waals surface area contributed by atoms with Crippen LogP contribution in [0.25, 0.3) is 0 Å². The van der Waals surface area contributed by atoms with Crippen LogP contribution in [0.4, 0.5) is 10.6 Å². The van der Waals surface area contributed by atoms with E-state index in [0.29, 0.717) is 31.0 Å². The number of aliphatic hydroxyl groups is 1. The lowest BCUT2D eigenvalue weighted by molar-refractivity contribution is 0.0193. The summed E-state index contributed by atoms with van der Waals surface area (Å²) in [6.07, 6.45) is 3.77. The highest BCUT2D eigenvalue weighted by Crippen LogP contribution is 2.43. The number of nitrogens with one attached hydrogen (secondary N) is 2. The molecule has 0 aliphatic heterocycles. The Bertz CT molecular complexity index is 702. The third-order valence-corrected chi connectivity index (χ3v) is 4.36. The Hall–Kier alpha value is -2.67. The van der Waals surface area contributed by atoms with Crippen LogP contribution >= 0.6 is 0 Å². The molecule has 0 bridgehead atoms. The lowest BCUT2D eigenvalue weighted by atomic mass is 9.62. The van der Waals surface area contributed by atoms with E-state index in [1.54, 1.807) is 0 Å². The van der Waals surface area contributed by atoms with E-state index in [1.165, 1.54) is 19.6 Å². The van der Waals surface area contributed by atoms with E-state index in [4.69, 9.17) is 4.74 Å². The summed E-state index contributed by atoms with van der Waals surface area (Å²) < 4.78 is 5.11. The number of aliphatic hydroxyl groups excluding tert-OH is 1. The van der Waals surface area contributed by atoms with Crippen molar-refractivity contribution in [3.63, 3.8) is 0 Å². The summed E-state index contributed by atoms with van der Waals surface area (Å²) in [5, 5.41) is 15.3. The first-order valence-electron chi connectivity index (χ1n) is 7.75. The van der Waals surface area contributed by atoms with Gasteiger partial charge in [-0.1, -0.05) is 30.3 Å². The lowest BCUT2D eigenvalue weighted by Crippen LogP contribution is -2.52. The Morgan fingerprint density at radius 2 is 2.12 bits per heavy atom. The van der Waals surface area contributed by atoms with E-state index < -0.39 is 0 Å². The smallest absolute Gasteiger partial charge is 0.320 e. The fourth-order valence-electron chi connectivity index (χ4n) is 3.08. The Kier molecular flexibility index (Phi) is 4.61. The number of nitrogens with zero attached hydrogens (tertiary/aromatic N) is 2.